The summed E-state index contributed by atoms with van der Waals surface area (Å²) in [6.07, 6.45) is 5.26. The molecular weight excluding hydrogens is 328 g/mol. The van der Waals surface area contributed by atoms with Gasteiger partial charge in [0.05, 0.1) is 10.2 Å². The summed E-state index contributed by atoms with van der Waals surface area (Å²) >= 11 is 3.63. The number of hydrogen-bond donors (Lipinski definition) is 1. The molecule has 0 aliphatic heterocycles. The summed E-state index contributed by atoms with van der Waals surface area (Å²) in [5.74, 6) is 2.28. The first-order chi connectivity index (χ1) is 10.1. The minimum absolute atomic E-state index is 0.555. The summed E-state index contributed by atoms with van der Waals surface area (Å²) in [5.41, 5.74) is 2.24. The van der Waals surface area contributed by atoms with E-state index in [1.165, 1.54) is 5.56 Å². The van der Waals surface area contributed by atoms with Gasteiger partial charge in [-0.25, -0.2) is 9.97 Å². The molecule has 2 rings (SSSR count). The Bertz CT molecular complexity index is 584. The highest BCUT2D eigenvalue weighted by molar-refractivity contribution is 9.10. The minimum Gasteiger partial charge on any atom is -0.369 e. The van der Waals surface area contributed by atoms with Crippen LogP contribution in [0.4, 0.5) is 5.82 Å². The quantitative estimate of drug-likeness (QED) is 0.861. The van der Waals surface area contributed by atoms with Gasteiger partial charge in [0, 0.05) is 25.4 Å². The maximum Gasteiger partial charge on any atom is 0.144 e. The highest BCUT2D eigenvalue weighted by Crippen LogP contribution is 2.26. The summed E-state index contributed by atoms with van der Waals surface area (Å²) in [4.78, 5) is 13.4. The van der Waals surface area contributed by atoms with E-state index in [9.17, 15) is 0 Å². The average molecular weight is 349 g/mol. The van der Waals surface area contributed by atoms with Gasteiger partial charge in [0.15, 0.2) is 0 Å². The molecule has 2 aromatic rings. The Kier molecular flexibility index (Phi) is 5.67. The predicted octanol–water partition coefficient (Wildman–Crippen LogP) is 3.86. The number of pyridine rings is 1. The fraction of sp³-hybridized carbons (Fsp3) is 0.438. The van der Waals surface area contributed by atoms with Crippen LogP contribution in [-0.4, -0.2) is 21.5 Å². The fourth-order valence-electron chi connectivity index (χ4n) is 2.11. The highest BCUT2D eigenvalue weighted by Gasteiger charge is 2.13. The molecule has 0 aliphatic rings. The van der Waals surface area contributed by atoms with Gasteiger partial charge >= 0.3 is 0 Å². The molecule has 0 fully saturated rings. The van der Waals surface area contributed by atoms with Crippen molar-refractivity contribution in [2.45, 2.75) is 33.6 Å². The Balaban J connectivity index is 2.33. The van der Waals surface area contributed by atoms with E-state index in [4.69, 9.17) is 4.98 Å². The molecule has 0 spiro atoms. The van der Waals surface area contributed by atoms with Crippen molar-refractivity contribution in [2.24, 2.45) is 5.92 Å². The van der Waals surface area contributed by atoms with Crippen molar-refractivity contribution in [2.75, 3.05) is 11.9 Å². The van der Waals surface area contributed by atoms with E-state index in [0.29, 0.717) is 5.92 Å². The Morgan fingerprint density at radius 1 is 1.19 bits per heavy atom. The topological polar surface area (TPSA) is 50.7 Å². The summed E-state index contributed by atoms with van der Waals surface area (Å²) in [6, 6.07) is 4.00. The van der Waals surface area contributed by atoms with E-state index in [1.807, 2.05) is 12.1 Å². The Labute approximate surface area is 134 Å². The molecule has 2 heterocycles. The Morgan fingerprint density at radius 3 is 2.52 bits per heavy atom. The molecule has 0 saturated carbocycles. The number of aromatic nitrogens is 3. The molecule has 4 nitrogen and oxygen atoms in total. The van der Waals surface area contributed by atoms with Crippen molar-refractivity contribution < 1.29 is 0 Å². The molecule has 2 aromatic heterocycles. The second kappa shape index (κ2) is 7.50. The summed E-state index contributed by atoms with van der Waals surface area (Å²) < 4.78 is 0.983. The fourth-order valence-corrected chi connectivity index (χ4v) is 2.59. The van der Waals surface area contributed by atoms with Gasteiger partial charge in [-0.3, -0.25) is 4.98 Å². The monoisotopic (exact) mass is 348 g/mol. The van der Waals surface area contributed by atoms with Gasteiger partial charge < -0.3 is 5.32 Å². The van der Waals surface area contributed by atoms with Crippen LogP contribution in [0.25, 0.3) is 0 Å². The van der Waals surface area contributed by atoms with Crippen LogP contribution < -0.4 is 5.32 Å². The van der Waals surface area contributed by atoms with Gasteiger partial charge in [-0.2, -0.15) is 0 Å². The highest BCUT2D eigenvalue weighted by atomic mass is 79.9. The zero-order valence-corrected chi connectivity index (χ0v) is 14.3. The van der Waals surface area contributed by atoms with Crippen LogP contribution in [0.15, 0.2) is 29.0 Å². The van der Waals surface area contributed by atoms with Crippen molar-refractivity contribution in [3.8, 4) is 0 Å². The lowest BCUT2D eigenvalue weighted by Crippen LogP contribution is -2.10. The van der Waals surface area contributed by atoms with Gasteiger partial charge in [-0.1, -0.05) is 13.8 Å². The smallest absolute Gasteiger partial charge is 0.144 e. The van der Waals surface area contributed by atoms with Crippen molar-refractivity contribution >= 4 is 21.7 Å². The zero-order chi connectivity index (χ0) is 15.2. The third kappa shape index (κ3) is 4.49. The average Bonchev–Trinajstić information content (AvgIpc) is 2.44. The number of hydrogen-bond acceptors (Lipinski definition) is 4. The van der Waals surface area contributed by atoms with Crippen LogP contribution in [0.2, 0.25) is 0 Å². The van der Waals surface area contributed by atoms with E-state index in [0.717, 1.165) is 41.2 Å². The number of rotatable bonds is 6. The van der Waals surface area contributed by atoms with Crippen LogP contribution in [0, 0.1) is 5.92 Å². The minimum atomic E-state index is 0.555. The number of nitrogens with zero attached hydrogens (tertiary/aromatic N) is 3. The first-order valence-electron chi connectivity index (χ1n) is 7.28. The summed E-state index contributed by atoms with van der Waals surface area (Å²) in [7, 11) is 0. The lowest BCUT2D eigenvalue weighted by molar-refractivity contribution is 0.629. The number of anilines is 1. The maximum atomic E-state index is 4.73. The second-order valence-electron chi connectivity index (χ2n) is 5.41. The third-order valence-corrected chi connectivity index (χ3v) is 3.86. The second-order valence-corrected chi connectivity index (χ2v) is 6.20. The molecule has 5 heteroatoms. The van der Waals surface area contributed by atoms with E-state index < -0.39 is 0 Å². The molecule has 21 heavy (non-hydrogen) atoms. The molecule has 0 bridgehead atoms. The molecule has 1 N–H and O–H groups in total. The lowest BCUT2D eigenvalue weighted by atomic mass is 10.1. The number of nitrogens with one attached hydrogen (secondary N) is 1. The molecule has 0 unspecified atom stereocenters. The van der Waals surface area contributed by atoms with Crippen LogP contribution in [0.5, 0.6) is 0 Å². The van der Waals surface area contributed by atoms with Gasteiger partial charge in [-0.15, -0.1) is 0 Å². The van der Waals surface area contributed by atoms with Gasteiger partial charge in [-0.05, 0) is 52.9 Å². The molecule has 0 saturated heterocycles. The van der Waals surface area contributed by atoms with Crippen molar-refractivity contribution in [3.05, 3.63) is 46.1 Å². The van der Waals surface area contributed by atoms with E-state index >= 15 is 0 Å². The normalized spacial score (nSPS) is 10.9. The van der Waals surface area contributed by atoms with Crippen molar-refractivity contribution in [1.82, 2.24) is 15.0 Å². The first-order valence-corrected chi connectivity index (χ1v) is 8.07. The summed E-state index contributed by atoms with van der Waals surface area (Å²) in [6.45, 7) is 7.30. The van der Waals surface area contributed by atoms with Gasteiger partial charge in [0.25, 0.3) is 0 Å². The maximum absolute atomic E-state index is 4.73. The number of halogens is 1. The van der Waals surface area contributed by atoms with Gasteiger partial charge in [0.2, 0.25) is 0 Å². The molecule has 0 radical (unpaired) electrons. The van der Waals surface area contributed by atoms with Crippen LogP contribution >= 0.6 is 15.9 Å². The molecule has 0 aliphatic carbocycles. The standard InChI is InChI=1S/C16H21BrN4/c1-4-19-16-15(17)13(9-11(2)3)20-14(21-16)10-12-5-7-18-8-6-12/h5-8,11H,4,9-10H2,1-3H3,(H,19,20,21). The van der Waals surface area contributed by atoms with E-state index in [-0.39, 0.29) is 0 Å². The first kappa shape index (κ1) is 15.9. The van der Waals surface area contributed by atoms with Crippen LogP contribution in [-0.2, 0) is 12.8 Å². The molecule has 112 valence electrons. The molecule has 0 atom stereocenters. The third-order valence-electron chi connectivity index (χ3n) is 3.02. The molecule has 0 aromatic carbocycles. The Morgan fingerprint density at radius 2 is 1.90 bits per heavy atom. The largest absolute Gasteiger partial charge is 0.369 e. The van der Waals surface area contributed by atoms with Crippen LogP contribution in [0.3, 0.4) is 0 Å². The van der Waals surface area contributed by atoms with E-state index in [2.05, 4.69) is 52.0 Å². The zero-order valence-electron chi connectivity index (χ0n) is 12.7. The lowest BCUT2D eigenvalue weighted by Gasteiger charge is -2.13. The molecule has 0 amide bonds. The predicted molar refractivity (Wildman–Crippen MR) is 89.5 cm³/mol. The Hall–Kier alpha value is -1.49. The molecular formula is C16H21BrN4. The SMILES string of the molecule is CCNc1nc(Cc2ccncc2)nc(CC(C)C)c1Br. The van der Waals surface area contributed by atoms with E-state index in [1.54, 1.807) is 12.4 Å². The van der Waals surface area contributed by atoms with Gasteiger partial charge in [0.1, 0.15) is 11.6 Å². The van der Waals surface area contributed by atoms with Crippen molar-refractivity contribution in [1.29, 1.82) is 0 Å². The van der Waals surface area contributed by atoms with Crippen LogP contribution in [0.1, 0.15) is 37.9 Å². The van der Waals surface area contributed by atoms with Crippen molar-refractivity contribution in [3.63, 3.8) is 0 Å². The summed E-state index contributed by atoms with van der Waals surface area (Å²) in [5, 5.41) is 3.31.